The molecule has 3 aromatic carbocycles. The first-order valence-corrected chi connectivity index (χ1v) is 9.64. The zero-order valence-corrected chi connectivity index (χ0v) is 17.0. The predicted molar refractivity (Wildman–Crippen MR) is 116 cm³/mol. The highest BCUT2D eigenvalue weighted by Crippen LogP contribution is 2.14. The van der Waals surface area contributed by atoms with Crippen LogP contribution in [-0.2, 0) is 11.4 Å². The first kappa shape index (κ1) is 21.7. The minimum absolute atomic E-state index is 0.180. The topological polar surface area (TPSA) is 79.8 Å². The summed E-state index contributed by atoms with van der Waals surface area (Å²) >= 11 is 0. The molecule has 0 aromatic heterocycles. The number of hydrogen-bond donors (Lipinski definition) is 2. The fraction of sp³-hybridized carbons (Fsp3) is 0.125. The lowest BCUT2D eigenvalue weighted by atomic mass is 10.1. The standard InChI is InChI=1S/C24H22FN3O3/c1-17-2-8-20(9-3-17)24(30)26-15-23(29)28-27-14-18-6-12-22(13-7-18)31-16-19-4-10-21(25)11-5-19/h2-14H,15-16H2,1H3,(H,26,30)(H,28,29)/b27-14-. The zero-order chi connectivity index (χ0) is 22.1. The number of hydrazone groups is 1. The maximum absolute atomic E-state index is 12.9. The van der Waals surface area contributed by atoms with Crippen LogP contribution in [0.25, 0.3) is 0 Å². The van der Waals surface area contributed by atoms with Gasteiger partial charge in [-0.25, -0.2) is 9.82 Å². The summed E-state index contributed by atoms with van der Waals surface area (Å²) in [5.74, 6) is -0.385. The van der Waals surface area contributed by atoms with Crippen LogP contribution in [0.3, 0.4) is 0 Å². The molecule has 7 heteroatoms. The van der Waals surface area contributed by atoms with Crippen LogP contribution in [-0.4, -0.2) is 24.6 Å². The second-order valence-electron chi connectivity index (χ2n) is 6.83. The number of benzene rings is 3. The van der Waals surface area contributed by atoms with E-state index in [1.54, 1.807) is 48.5 Å². The molecule has 158 valence electrons. The predicted octanol–water partition coefficient (Wildman–Crippen LogP) is 3.59. The summed E-state index contributed by atoms with van der Waals surface area (Å²) in [6, 6.07) is 20.3. The number of rotatable bonds is 8. The Morgan fingerprint density at radius 1 is 0.968 bits per heavy atom. The van der Waals surface area contributed by atoms with Gasteiger partial charge in [-0.3, -0.25) is 9.59 Å². The molecule has 0 bridgehead atoms. The molecular formula is C24H22FN3O3. The summed E-state index contributed by atoms with van der Waals surface area (Å²) < 4.78 is 18.6. The number of aryl methyl sites for hydroxylation is 1. The van der Waals surface area contributed by atoms with Crippen LogP contribution in [0.2, 0.25) is 0 Å². The molecule has 0 radical (unpaired) electrons. The average Bonchev–Trinajstić information content (AvgIpc) is 2.78. The number of halogens is 1. The minimum atomic E-state index is -0.434. The molecule has 0 spiro atoms. The number of ether oxygens (including phenoxy) is 1. The van der Waals surface area contributed by atoms with Crippen molar-refractivity contribution in [2.45, 2.75) is 13.5 Å². The summed E-state index contributed by atoms with van der Waals surface area (Å²) in [6.07, 6.45) is 1.49. The molecule has 3 rings (SSSR count). The number of nitrogens with zero attached hydrogens (tertiary/aromatic N) is 1. The van der Waals surface area contributed by atoms with E-state index in [9.17, 15) is 14.0 Å². The van der Waals surface area contributed by atoms with E-state index in [1.165, 1.54) is 18.3 Å². The Morgan fingerprint density at radius 2 is 1.65 bits per heavy atom. The Hall–Kier alpha value is -4.00. The highest BCUT2D eigenvalue weighted by molar-refractivity contribution is 5.96. The van der Waals surface area contributed by atoms with Crippen molar-refractivity contribution in [3.8, 4) is 5.75 Å². The Kier molecular flexibility index (Phi) is 7.48. The van der Waals surface area contributed by atoms with Crippen molar-refractivity contribution in [1.82, 2.24) is 10.7 Å². The van der Waals surface area contributed by atoms with Gasteiger partial charge in [0, 0.05) is 5.56 Å². The molecule has 0 aliphatic rings. The van der Waals surface area contributed by atoms with Crippen molar-refractivity contribution in [1.29, 1.82) is 0 Å². The molecule has 2 N–H and O–H groups in total. The highest BCUT2D eigenvalue weighted by Gasteiger charge is 2.07. The van der Waals surface area contributed by atoms with Crippen LogP contribution in [0.4, 0.5) is 4.39 Å². The molecule has 0 aliphatic heterocycles. The van der Waals surface area contributed by atoms with E-state index >= 15 is 0 Å². The highest BCUT2D eigenvalue weighted by atomic mass is 19.1. The maximum atomic E-state index is 12.9. The van der Waals surface area contributed by atoms with Gasteiger partial charge in [0.25, 0.3) is 11.8 Å². The van der Waals surface area contributed by atoms with Crippen LogP contribution >= 0.6 is 0 Å². The van der Waals surface area contributed by atoms with Crippen molar-refractivity contribution >= 4 is 18.0 Å². The molecule has 31 heavy (non-hydrogen) atoms. The molecule has 0 saturated heterocycles. The van der Waals surface area contributed by atoms with E-state index in [2.05, 4.69) is 15.8 Å². The summed E-state index contributed by atoms with van der Waals surface area (Å²) in [6.45, 7) is 2.08. The first-order valence-electron chi connectivity index (χ1n) is 9.64. The normalized spacial score (nSPS) is 10.6. The lowest BCUT2D eigenvalue weighted by Gasteiger charge is -2.06. The molecule has 6 nitrogen and oxygen atoms in total. The third-order valence-corrected chi connectivity index (χ3v) is 4.32. The Bertz CT molecular complexity index is 1050. The van der Waals surface area contributed by atoms with Gasteiger partial charge in [0.05, 0.1) is 12.8 Å². The van der Waals surface area contributed by atoms with Crippen LogP contribution < -0.4 is 15.5 Å². The lowest BCUT2D eigenvalue weighted by molar-refractivity contribution is -0.120. The minimum Gasteiger partial charge on any atom is -0.489 e. The van der Waals surface area contributed by atoms with Crippen molar-refractivity contribution in [3.63, 3.8) is 0 Å². The maximum Gasteiger partial charge on any atom is 0.259 e. The molecule has 0 unspecified atom stereocenters. The van der Waals surface area contributed by atoms with E-state index in [-0.39, 0.29) is 18.3 Å². The average molecular weight is 419 g/mol. The zero-order valence-electron chi connectivity index (χ0n) is 17.0. The van der Waals surface area contributed by atoms with Gasteiger partial charge in [-0.1, -0.05) is 29.8 Å². The molecule has 0 heterocycles. The fourth-order valence-electron chi connectivity index (χ4n) is 2.58. The molecule has 0 aliphatic carbocycles. The Morgan fingerprint density at radius 3 is 2.32 bits per heavy atom. The monoisotopic (exact) mass is 419 g/mol. The second-order valence-corrected chi connectivity index (χ2v) is 6.83. The van der Waals surface area contributed by atoms with Crippen molar-refractivity contribution in [3.05, 3.63) is 101 Å². The molecule has 3 aromatic rings. The van der Waals surface area contributed by atoms with Crippen LogP contribution in [0.15, 0.2) is 77.9 Å². The van der Waals surface area contributed by atoms with Gasteiger partial charge in [-0.15, -0.1) is 0 Å². The van der Waals surface area contributed by atoms with Crippen molar-refractivity contribution in [2.24, 2.45) is 5.10 Å². The van der Waals surface area contributed by atoms with E-state index in [0.717, 1.165) is 16.7 Å². The number of hydrogen-bond acceptors (Lipinski definition) is 4. The van der Waals surface area contributed by atoms with Gasteiger partial charge in [0.15, 0.2) is 0 Å². The number of carbonyl (C=O) groups excluding carboxylic acids is 2. The molecule has 0 fully saturated rings. The third-order valence-electron chi connectivity index (χ3n) is 4.32. The van der Waals surface area contributed by atoms with Gasteiger partial charge < -0.3 is 10.1 Å². The fourth-order valence-corrected chi connectivity index (χ4v) is 2.58. The van der Waals surface area contributed by atoms with Gasteiger partial charge >= 0.3 is 0 Å². The third kappa shape index (κ3) is 7.08. The SMILES string of the molecule is Cc1ccc(C(=O)NCC(=O)N/N=C\c2ccc(OCc3ccc(F)cc3)cc2)cc1. The first-order chi connectivity index (χ1) is 15.0. The van der Waals surface area contributed by atoms with E-state index < -0.39 is 5.91 Å². The van der Waals surface area contributed by atoms with Crippen LogP contribution in [0.5, 0.6) is 5.75 Å². The quantitative estimate of drug-likeness (QED) is 0.433. The smallest absolute Gasteiger partial charge is 0.259 e. The van der Waals surface area contributed by atoms with Gasteiger partial charge in [0.1, 0.15) is 18.2 Å². The molecular weight excluding hydrogens is 397 g/mol. The van der Waals surface area contributed by atoms with Crippen LogP contribution in [0.1, 0.15) is 27.0 Å². The summed E-state index contributed by atoms with van der Waals surface area (Å²) in [5, 5.41) is 6.43. The number of nitrogens with one attached hydrogen (secondary N) is 2. The van der Waals surface area contributed by atoms with Crippen molar-refractivity contribution in [2.75, 3.05) is 6.54 Å². The van der Waals surface area contributed by atoms with E-state index in [4.69, 9.17) is 4.74 Å². The summed E-state index contributed by atoms with van der Waals surface area (Å²) in [5.41, 5.74) is 5.54. The summed E-state index contributed by atoms with van der Waals surface area (Å²) in [4.78, 5) is 23.8. The molecule has 2 amide bonds. The molecule has 0 atom stereocenters. The number of amides is 2. The largest absolute Gasteiger partial charge is 0.489 e. The van der Waals surface area contributed by atoms with E-state index in [1.807, 2.05) is 19.1 Å². The van der Waals surface area contributed by atoms with Gasteiger partial charge in [-0.2, -0.15) is 5.10 Å². The van der Waals surface area contributed by atoms with Crippen molar-refractivity contribution < 1.29 is 18.7 Å². The second kappa shape index (κ2) is 10.7. The Labute approximate surface area is 179 Å². The van der Waals surface area contributed by atoms with Gasteiger partial charge in [0.2, 0.25) is 0 Å². The summed E-state index contributed by atoms with van der Waals surface area (Å²) in [7, 11) is 0. The van der Waals surface area contributed by atoms with Crippen LogP contribution in [0, 0.1) is 12.7 Å². The Balaban J connectivity index is 1.40. The lowest BCUT2D eigenvalue weighted by Crippen LogP contribution is -2.34. The van der Waals surface area contributed by atoms with Gasteiger partial charge in [-0.05, 0) is 66.6 Å². The van der Waals surface area contributed by atoms with E-state index in [0.29, 0.717) is 17.9 Å². The number of carbonyl (C=O) groups is 2. The molecule has 0 saturated carbocycles.